The van der Waals surface area contributed by atoms with E-state index < -0.39 is 0 Å². The molecule has 2 aromatic rings. The maximum Gasteiger partial charge on any atom is 0.0785 e. The summed E-state index contributed by atoms with van der Waals surface area (Å²) in [4.78, 5) is 3.94. The van der Waals surface area contributed by atoms with E-state index in [9.17, 15) is 0 Å². The van der Waals surface area contributed by atoms with E-state index in [4.69, 9.17) is 5.73 Å². The van der Waals surface area contributed by atoms with E-state index in [-0.39, 0.29) is 12.1 Å². The van der Waals surface area contributed by atoms with Crippen molar-refractivity contribution in [1.29, 1.82) is 0 Å². The van der Waals surface area contributed by atoms with E-state index in [2.05, 4.69) is 55.3 Å². The van der Waals surface area contributed by atoms with Crippen molar-refractivity contribution in [3.63, 3.8) is 0 Å². The summed E-state index contributed by atoms with van der Waals surface area (Å²) in [6.07, 6.45) is 2.40. The van der Waals surface area contributed by atoms with Crippen molar-refractivity contribution in [3.8, 4) is 0 Å². The average Bonchev–Trinajstić information content (AvgIpc) is 2.85. The van der Waals surface area contributed by atoms with E-state index in [1.807, 2.05) is 11.3 Å². The van der Waals surface area contributed by atoms with Crippen molar-refractivity contribution in [2.45, 2.75) is 45.7 Å². The first-order chi connectivity index (χ1) is 10.1. The van der Waals surface area contributed by atoms with Gasteiger partial charge in [-0.25, -0.2) is 0 Å². The van der Waals surface area contributed by atoms with Gasteiger partial charge in [0.1, 0.15) is 0 Å². The molecule has 2 atom stereocenters. The van der Waals surface area contributed by atoms with Crippen molar-refractivity contribution >= 4 is 17.0 Å². The number of nitrogens with two attached hydrogens (primary N) is 1. The highest BCUT2D eigenvalue weighted by atomic mass is 32.1. The molecule has 1 aliphatic rings. The second-order valence-corrected chi connectivity index (χ2v) is 7.15. The second kappa shape index (κ2) is 5.82. The summed E-state index contributed by atoms with van der Waals surface area (Å²) in [6.45, 7) is 7.60. The van der Waals surface area contributed by atoms with Gasteiger partial charge in [-0.05, 0) is 62.3 Å². The maximum absolute atomic E-state index is 6.38. The second-order valence-electron chi connectivity index (χ2n) is 6.20. The molecule has 3 rings (SSSR count). The first kappa shape index (κ1) is 14.6. The van der Waals surface area contributed by atoms with Crippen LogP contribution in [0.25, 0.3) is 0 Å². The van der Waals surface area contributed by atoms with Crippen LogP contribution in [0.4, 0.5) is 5.69 Å². The number of thiophene rings is 1. The monoisotopic (exact) mass is 300 g/mol. The van der Waals surface area contributed by atoms with Gasteiger partial charge in [0.05, 0.1) is 6.04 Å². The molecule has 0 fully saturated rings. The number of aryl methyl sites for hydroxylation is 3. The summed E-state index contributed by atoms with van der Waals surface area (Å²) in [5, 5.41) is 2.18. The Labute approximate surface area is 131 Å². The lowest BCUT2D eigenvalue weighted by molar-refractivity contribution is 0.515. The normalized spacial score (nSPS) is 17.4. The Morgan fingerprint density at radius 1 is 1.24 bits per heavy atom. The molecular weight excluding hydrogens is 276 g/mol. The fourth-order valence-electron chi connectivity index (χ4n) is 3.40. The van der Waals surface area contributed by atoms with Crippen LogP contribution in [0.2, 0.25) is 0 Å². The largest absolute Gasteiger partial charge is 0.362 e. The van der Waals surface area contributed by atoms with Crippen molar-refractivity contribution in [3.05, 3.63) is 51.2 Å². The molecule has 1 aliphatic heterocycles. The zero-order valence-electron chi connectivity index (χ0n) is 13.1. The third kappa shape index (κ3) is 2.72. The van der Waals surface area contributed by atoms with Crippen molar-refractivity contribution < 1.29 is 0 Å². The number of hydrogen-bond acceptors (Lipinski definition) is 3. The highest BCUT2D eigenvalue weighted by Crippen LogP contribution is 2.38. The molecule has 3 heteroatoms. The van der Waals surface area contributed by atoms with Crippen LogP contribution >= 0.6 is 11.3 Å². The first-order valence-electron chi connectivity index (χ1n) is 7.73. The molecule has 2 nitrogen and oxygen atoms in total. The standard InChI is InChI=1S/C18H24N2S/c1-12-6-7-16-15(11-12)5-4-9-20(16)17(14(3)19)18-13(2)8-10-21-18/h6-8,10-11,14,17H,4-5,9,19H2,1-3H3. The van der Waals surface area contributed by atoms with Crippen LogP contribution < -0.4 is 10.6 Å². The number of anilines is 1. The van der Waals surface area contributed by atoms with Crippen molar-refractivity contribution in [2.75, 3.05) is 11.4 Å². The molecule has 0 saturated carbocycles. The van der Waals surface area contributed by atoms with Crippen LogP contribution in [0.3, 0.4) is 0 Å². The Hall–Kier alpha value is -1.32. The summed E-state index contributed by atoms with van der Waals surface area (Å²) < 4.78 is 0. The molecule has 21 heavy (non-hydrogen) atoms. The van der Waals surface area contributed by atoms with Crippen LogP contribution in [0.15, 0.2) is 29.6 Å². The van der Waals surface area contributed by atoms with Gasteiger partial charge >= 0.3 is 0 Å². The van der Waals surface area contributed by atoms with Crippen LogP contribution in [0, 0.1) is 13.8 Å². The van der Waals surface area contributed by atoms with Gasteiger partial charge in [-0.2, -0.15) is 0 Å². The Morgan fingerprint density at radius 3 is 2.71 bits per heavy atom. The molecule has 2 heterocycles. The molecule has 0 spiro atoms. The summed E-state index contributed by atoms with van der Waals surface area (Å²) in [6, 6.07) is 9.44. The molecule has 112 valence electrons. The zero-order chi connectivity index (χ0) is 15.0. The molecular formula is C18H24N2S. The van der Waals surface area contributed by atoms with Gasteiger partial charge in [-0.3, -0.25) is 0 Å². The van der Waals surface area contributed by atoms with E-state index in [0.717, 1.165) is 6.54 Å². The van der Waals surface area contributed by atoms with Gasteiger partial charge in [0.15, 0.2) is 0 Å². The summed E-state index contributed by atoms with van der Waals surface area (Å²) in [5.41, 5.74) is 11.9. The van der Waals surface area contributed by atoms with Gasteiger partial charge in [-0.15, -0.1) is 11.3 Å². The van der Waals surface area contributed by atoms with Gasteiger partial charge in [-0.1, -0.05) is 17.7 Å². The topological polar surface area (TPSA) is 29.3 Å². The average molecular weight is 300 g/mol. The SMILES string of the molecule is Cc1ccc2c(c1)CCCN2C(c1sccc1C)C(C)N. The Kier molecular flexibility index (Phi) is 4.05. The summed E-state index contributed by atoms with van der Waals surface area (Å²) in [7, 11) is 0. The highest BCUT2D eigenvalue weighted by Gasteiger charge is 2.29. The highest BCUT2D eigenvalue weighted by molar-refractivity contribution is 7.10. The minimum Gasteiger partial charge on any atom is -0.362 e. The molecule has 1 aromatic heterocycles. The quantitative estimate of drug-likeness (QED) is 0.920. The lowest BCUT2D eigenvalue weighted by Crippen LogP contribution is -2.42. The van der Waals surface area contributed by atoms with E-state index >= 15 is 0 Å². The van der Waals surface area contributed by atoms with Gasteiger partial charge in [0.2, 0.25) is 0 Å². The smallest absolute Gasteiger partial charge is 0.0785 e. The number of fused-ring (bicyclic) bond motifs is 1. The number of nitrogens with zero attached hydrogens (tertiary/aromatic N) is 1. The van der Waals surface area contributed by atoms with E-state index in [1.54, 1.807) is 0 Å². The van der Waals surface area contributed by atoms with Crippen molar-refractivity contribution in [2.24, 2.45) is 5.73 Å². The molecule has 0 bridgehead atoms. The Morgan fingerprint density at radius 2 is 2.05 bits per heavy atom. The predicted octanol–water partition coefficient (Wildman–Crippen LogP) is 4.21. The van der Waals surface area contributed by atoms with E-state index in [1.165, 1.54) is 40.1 Å². The molecule has 0 radical (unpaired) electrons. The zero-order valence-corrected chi connectivity index (χ0v) is 13.9. The van der Waals surface area contributed by atoms with Gasteiger partial charge in [0.25, 0.3) is 0 Å². The predicted molar refractivity (Wildman–Crippen MR) is 92.3 cm³/mol. The first-order valence-corrected chi connectivity index (χ1v) is 8.61. The van der Waals surface area contributed by atoms with Crippen LogP contribution in [-0.2, 0) is 6.42 Å². The Balaban J connectivity index is 2.05. The Bertz CT molecular complexity index is 630. The fourth-order valence-corrected chi connectivity index (χ4v) is 4.55. The fraction of sp³-hybridized carbons (Fsp3) is 0.444. The molecule has 2 N–H and O–H groups in total. The molecule has 0 aliphatic carbocycles. The molecule has 0 saturated heterocycles. The molecule has 1 aromatic carbocycles. The lowest BCUT2D eigenvalue weighted by Gasteiger charge is -2.40. The number of benzene rings is 1. The van der Waals surface area contributed by atoms with Crippen LogP contribution in [0.5, 0.6) is 0 Å². The number of rotatable bonds is 3. The number of hydrogen-bond donors (Lipinski definition) is 1. The minimum absolute atomic E-state index is 0.120. The third-order valence-corrected chi connectivity index (χ3v) is 5.48. The maximum atomic E-state index is 6.38. The summed E-state index contributed by atoms with van der Waals surface area (Å²) >= 11 is 1.84. The van der Waals surface area contributed by atoms with Crippen LogP contribution in [-0.4, -0.2) is 12.6 Å². The minimum atomic E-state index is 0.120. The lowest BCUT2D eigenvalue weighted by atomic mass is 9.95. The third-order valence-electron chi connectivity index (χ3n) is 4.39. The molecule has 0 amide bonds. The van der Waals surface area contributed by atoms with Gasteiger partial charge < -0.3 is 10.6 Å². The molecule has 2 unspecified atom stereocenters. The van der Waals surface area contributed by atoms with Crippen LogP contribution in [0.1, 0.15) is 41.0 Å². The van der Waals surface area contributed by atoms with Gasteiger partial charge in [0, 0.05) is 23.2 Å². The van der Waals surface area contributed by atoms with E-state index in [0.29, 0.717) is 0 Å². The summed E-state index contributed by atoms with van der Waals surface area (Å²) in [5.74, 6) is 0. The van der Waals surface area contributed by atoms with Crippen molar-refractivity contribution in [1.82, 2.24) is 0 Å².